The number of hydrogen-bond donors (Lipinski definition) is 0. The van der Waals surface area contributed by atoms with Gasteiger partial charge in [0.25, 0.3) is 0 Å². The molecule has 0 radical (unpaired) electrons. The molecule has 1 aliphatic rings. The van der Waals surface area contributed by atoms with Gasteiger partial charge in [-0.25, -0.2) is 0 Å². The SMILES string of the molecule is Brc1ccc(-c2ccc(Br)cc2)cc1.C1CCOC1.ClP(Cl)c1ccccc1.O=P(c1ccccc1)(c1ccc(-c2ccc(P(=O)(c3ccccc3)c3cccc4ccccc34)cc2)cc1)c1cccc2ccccc12.O=[P+](c1ccccc1)c1cccc2ccccc12.O=[P+](c1ccccc1)c1cccc2ccccc12.[Br-].[Mg+2].[OH3+].[c-]1cccc2ccccc12. The van der Waals surface area contributed by atoms with Crippen molar-refractivity contribution in [3.05, 3.63) is 476 Å². The molecule has 0 amide bonds. The molecule has 1 aliphatic heterocycles. The minimum absolute atomic E-state index is 0. The zero-order chi connectivity index (χ0) is 84.3. The maximum atomic E-state index is 15.4. The quantitative estimate of drug-likeness (QED) is 0.0494. The van der Waals surface area contributed by atoms with E-state index in [-0.39, 0.29) is 45.5 Å². The van der Waals surface area contributed by atoms with Crippen LogP contribution in [-0.2, 0) is 28.5 Å². The first-order chi connectivity index (χ1) is 59.8. The number of hydrogen-bond acceptors (Lipinski definition) is 5. The van der Waals surface area contributed by atoms with Crippen LogP contribution in [0.5, 0.6) is 0 Å². The fourth-order valence-electron chi connectivity index (χ4n) is 14.4. The van der Waals surface area contributed by atoms with E-state index < -0.39 is 36.5 Å². The smallest absolute Gasteiger partial charge is 1.00 e. The summed E-state index contributed by atoms with van der Waals surface area (Å²) >= 11 is 18.1. The van der Waals surface area contributed by atoms with Crippen LogP contribution in [0.1, 0.15) is 12.8 Å². The van der Waals surface area contributed by atoms with Gasteiger partial charge in [-0.05, 0) is 140 Å². The molecule has 4 unspecified atom stereocenters. The third-order valence-corrected chi connectivity index (χ3v) is 32.9. The topological polar surface area (TPSA) is 111 Å². The Morgan fingerprint density at radius 1 is 0.304 bits per heavy atom. The second-order valence-electron chi connectivity index (χ2n) is 28.4. The van der Waals surface area contributed by atoms with Gasteiger partial charge >= 0.3 is 38.7 Å². The summed E-state index contributed by atoms with van der Waals surface area (Å²) in [6, 6.07) is 155. The molecule has 0 saturated carbocycles. The average molecular weight is 1970 g/mol. The van der Waals surface area contributed by atoms with Crippen molar-refractivity contribution in [2.24, 2.45) is 0 Å². The molecule has 17 heteroatoms. The predicted molar refractivity (Wildman–Crippen MR) is 546 cm³/mol. The van der Waals surface area contributed by atoms with Gasteiger partial charge in [0.2, 0.25) is 10.6 Å². The van der Waals surface area contributed by atoms with Crippen molar-refractivity contribution in [2.75, 3.05) is 13.2 Å². The van der Waals surface area contributed by atoms with Crippen molar-refractivity contribution < 1.29 is 45.5 Å². The van der Waals surface area contributed by atoms with E-state index >= 15 is 9.13 Å². The van der Waals surface area contributed by atoms with E-state index in [1.54, 1.807) is 0 Å². The molecule has 3 N–H and O–H groups in total. The minimum Gasteiger partial charge on any atom is -1.00 e. The Morgan fingerprint density at radius 3 is 0.928 bits per heavy atom. The third kappa shape index (κ3) is 24.7. The molecule has 1 heterocycles. The first-order valence-electron chi connectivity index (χ1n) is 39.9. The molecule has 19 aromatic carbocycles. The Labute approximate surface area is 788 Å². The Bertz CT molecular complexity index is 6340. The van der Waals surface area contributed by atoms with E-state index in [0.717, 1.165) is 135 Å². The van der Waals surface area contributed by atoms with E-state index in [0.29, 0.717) is 0 Å². The number of benzene rings is 19. The summed E-state index contributed by atoms with van der Waals surface area (Å²) < 4.78 is 63.1. The zero-order valence-electron chi connectivity index (χ0n) is 68.2. The van der Waals surface area contributed by atoms with Gasteiger partial charge in [-0.15, -0.1) is 47.2 Å². The van der Waals surface area contributed by atoms with E-state index in [1.807, 2.05) is 358 Å². The van der Waals surface area contributed by atoms with Gasteiger partial charge in [0.15, 0.2) is 24.9 Å². The van der Waals surface area contributed by atoms with Crippen molar-refractivity contribution >= 4 is 226 Å². The summed E-state index contributed by atoms with van der Waals surface area (Å²) in [6.45, 7) is 1.05. The van der Waals surface area contributed by atoms with Crippen LogP contribution in [0, 0.1) is 6.07 Å². The Morgan fingerprint density at radius 2 is 0.584 bits per heavy atom. The van der Waals surface area contributed by atoms with Crippen LogP contribution >= 0.6 is 90.9 Å². The van der Waals surface area contributed by atoms with Crippen LogP contribution in [-0.4, -0.2) is 36.3 Å². The van der Waals surface area contributed by atoms with Crippen LogP contribution in [0.3, 0.4) is 0 Å². The van der Waals surface area contributed by atoms with Crippen molar-refractivity contribution in [3.8, 4) is 22.3 Å². The van der Waals surface area contributed by atoms with Gasteiger partial charge in [-0.2, -0.15) is 0 Å². The molecule has 125 heavy (non-hydrogen) atoms. The molecule has 0 aliphatic carbocycles. The molecule has 1 saturated heterocycles. The van der Waals surface area contributed by atoms with Crippen molar-refractivity contribution in [2.45, 2.75) is 12.8 Å². The summed E-state index contributed by atoms with van der Waals surface area (Å²) in [7, 11) is -9.42. The fourth-order valence-corrected chi connectivity index (χ4v) is 24.4. The molecule has 20 rings (SSSR count). The molecule has 1 fully saturated rings. The van der Waals surface area contributed by atoms with Crippen molar-refractivity contribution in [1.82, 2.24) is 0 Å². The van der Waals surface area contributed by atoms with Crippen LogP contribution in [0.15, 0.2) is 470 Å². The summed E-state index contributed by atoms with van der Waals surface area (Å²) in [4.78, 5) is 0. The van der Waals surface area contributed by atoms with Crippen LogP contribution in [0.2, 0.25) is 0 Å². The zero-order valence-corrected chi connectivity index (χ0v) is 80.3. The van der Waals surface area contributed by atoms with Crippen LogP contribution < -0.4 is 75.3 Å². The molecular formula is C108H87Br3Cl2MgO6P5+3. The summed E-state index contributed by atoms with van der Waals surface area (Å²) in [5.41, 5.74) is 4.48. The van der Waals surface area contributed by atoms with Crippen molar-refractivity contribution in [1.29, 1.82) is 0 Å². The summed E-state index contributed by atoms with van der Waals surface area (Å²) in [6.07, 6.45) is 2.56. The number of fused-ring (bicyclic) bond motifs is 5. The molecule has 0 spiro atoms. The normalized spacial score (nSPS) is 12.3. The Kier molecular flexibility index (Phi) is 37.0. The number of halogens is 5. The summed E-state index contributed by atoms with van der Waals surface area (Å²) in [5, 5.41) is 20.5. The van der Waals surface area contributed by atoms with Crippen LogP contribution in [0.4, 0.5) is 0 Å². The Hall–Kier alpha value is -9.72. The molecule has 614 valence electrons. The first-order valence-corrected chi connectivity index (χ1v) is 50.6. The Balaban J connectivity index is 0.000000162. The summed E-state index contributed by atoms with van der Waals surface area (Å²) in [5.74, 6) is 0. The molecule has 0 bridgehead atoms. The molecule has 4 atom stereocenters. The van der Waals surface area contributed by atoms with Gasteiger partial charge in [-0.3, -0.25) is 0 Å². The van der Waals surface area contributed by atoms with Gasteiger partial charge in [0.05, 0.1) is 0 Å². The number of ether oxygens (including phenoxy) is 1. The molecule has 0 aromatic heterocycles. The first kappa shape index (κ1) is 95.9. The fraction of sp³-hybridized carbons (Fsp3) is 0.0370. The molecular weight excluding hydrogens is 1880 g/mol. The molecule has 6 nitrogen and oxygen atoms in total. The second kappa shape index (κ2) is 48.3. The van der Waals surface area contributed by atoms with E-state index in [4.69, 9.17) is 27.2 Å². The van der Waals surface area contributed by atoms with E-state index in [1.165, 1.54) is 34.7 Å². The monoisotopic (exact) mass is 1970 g/mol. The standard InChI is InChI=1S/C44H32O2P2.2C16H12OP.C12H8Br2.C10H7.C6H5Cl2P.C4H8O.BrH.Mg.H2O/c45-47(37-17-3-1-4-18-37,43-23-11-15-35-13-7-9-21-41(35)43)39-29-25-33(26-30-39)34-27-31-40(32-28-34)48(46,38-19-5-2-6-20-38)44-24-12-16-36-14-8-10-22-42(36)44;2*17-18(14-9-2-1-3-10-14)16-12-6-8-13-7-4-5-11-15(13)16;13-11-5-1-9(2-6-11)10-3-7-12(14)8-4-10;1-2-6-10-8-4-3-7-9(10)5-1;7-9(8)6-4-2-1-3-5-6;1-2-4-5-3-1;;;/h1-32H;2*1-12H;1-8H;1-7H;1-5H;1-4H2;1H;;1H2/q;2*+1;;-1;;;;+2;. The van der Waals surface area contributed by atoms with Gasteiger partial charge in [0, 0.05) is 70.1 Å². The maximum Gasteiger partial charge on any atom is 2.00 e. The molecule has 19 aromatic rings. The van der Waals surface area contributed by atoms with E-state index in [2.05, 4.69) is 141 Å². The third-order valence-electron chi connectivity index (χ3n) is 20.6. The van der Waals surface area contributed by atoms with Crippen LogP contribution in [0.25, 0.3) is 76.1 Å². The second-order valence-corrected chi connectivity index (χ2v) is 42.4. The van der Waals surface area contributed by atoms with Gasteiger partial charge in [0.1, 0.15) is 6.63 Å². The van der Waals surface area contributed by atoms with Gasteiger partial charge < -0.3 is 36.3 Å². The minimum atomic E-state index is -3.19. The average Bonchev–Trinajstić information content (AvgIpc) is 1.42. The number of rotatable bonds is 13. The predicted octanol–water partition coefficient (Wildman–Crippen LogP) is 23.3. The van der Waals surface area contributed by atoms with Gasteiger partial charge in [-0.1, -0.05) is 421 Å². The van der Waals surface area contributed by atoms with Crippen molar-refractivity contribution in [3.63, 3.8) is 0 Å². The largest absolute Gasteiger partial charge is 2.00 e. The maximum absolute atomic E-state index is 15.4. The van der Waals surface area contributed by atoms with E-state index in [9.17, 15) is 9.13 Å².